The van der Waals surface area contributed by atoms with Crippen molar-refractivity contribution in [3.63, 3.8) is 0 Å². The van der Waals surface area contributed by atoms with Gasteiger partial charge in [-0.25, -0.2) is 9.98 Å². The monoisotopic (exact) mass is 542 g/mol. The molecule has 0 aliphatic rings. The second-order valence-electron chi connectivity index (χ2n) is 8.84. The number of hydrogen-bond donors (Lipinski definition) is 1. The van der Waals surface area contributed by atoms with E-state index in [1.54, 1.807) is 30.5 Å². The molecule has 0 fully saturated rings. The Morgan fingerprint density at radius 3 is 2.62 bits per heavy atom. The fourth-order valence-electron chi connectivity index (χ4n) is 4.24. The summed E-state index contributed by atoms with van der Waals surface area (Å²) in [6.07, 6.45) is 1.72. The van der Waals surface area contributed by atoms with Gasteiger partial charge in [0.15, 0.2) is 6.20 Å². The average Bonchev–Trinajstić information content (AvgIpc) is 2.93. The van der Waals surface area contributed by atoms with Crippen molar-refractivity contribution in [1.82, 2.24) is 0 Å². The van der Waals surface area contributed by atoms with Gasteiger partial charge in [0, 0.05) is 30.3 Å². The van der Waals surface area contributed by atoms with Gasteiger partial charge in [-0.05, 0) is 35.7 Å². The van der Waals surface area contributed by atoms with Crippen LogP contribution in [0.25, 0.3) is 21.7 Å². The molecule has 0 unspecified atom stereocenters. The Morgan fingerprint density at radius 2 is 1.85 bits per heavy atom. The van der Waals surface area contributed by atoms with Gasteiger partial charge < -0.3 is 19.2 Å². The number of carbonyl (C=O) groups excluding carboxylic acids is 2. The maximum Gasteiger partial charge on any atom is 0.302 e. The number of nitrogens with zero attached hydrogens (tertiary/aromatic N) is 1. The average molecular weight is 543 g/mol. The Balaban J connectivity index is 1.69. The molecule has 8 nitrogen and oxygen atoms in total. The van der Waals surface area contributed by atoms with E-state index in [4.69, 9.17) is 25.5 Å². The minimum atomic E-state index is -0.419. The van der Waals surface area contributed by atoms with Crippen molar-refractivity contribution < 1.29 is 28.5 Å². The first kappa shape index (κ1) is 25.9. The number of rotatable bonds is 6. The van der Waals surface area contributed by atoms with E-state index in [1.165, 1.54) is 14.0 Å². The minimum Gasteiger partial charge on any atom is -0.495 e. The number of hydrogen-bond acceptors (Lipinski definition) is 6. The first-order valence-electron chi connectivity index (χ1n) is 12.1. The van der Waals surface area contributed by atoms with Gasteiger partial charge in [0.1, 0.15) is 17.9 Å². The number of carbonyl (C=O) groups is 2. The highest BCUT2D eigenvalue weighted by Crippen LogP contribution is 2.29. The molecular weight excluding hydrogens is 518 g/mol. The van der Waals surface area contributed by atoms with Crippen LogP contribution in [0.1, 0.15) is 28.5 Å². The number of aromatic nitrogens is 1. The predicted molar refractivity (Wildman–Crippen MR) is 148 cm³/mol. The fourth-order valence-corrected chi connectivity index (χ4v) is 4.50. The number of fused-ring (bicyclic) bond motifs is 2. The van der Waals surface area contributed by atoms with Crippen molar-refractivity contribution in [3.8, 4) is 5.75 Å². The van der Waals surface area contributed by atoms with Crippen molar-refractivity contribution in [2.75, 3.05) is 12.4 Å². The van der Waals surface area contributed by atoms with Crippen LogP contribution < -0.4 is 20.6 Å². The van der Waals surface area contributed by atoms with Gasteiger partial charge in [0.2, 0.25) is 16.8 Å². The molecule has 9 heteroatoms. The Morgan fingerprint density at radius 1 is 1.05 bits per heavy atom. The van der Waals surface area contributed by atoms with Gasteiger partial charge >= 0.3 is 5.97 Å². The summed E-state index contributed by atoms with van der Waals surface area (Å²) in [5.41, 5.74) is 3.23. The van der Waals surface area contributed by atoms with E-state index in [2.05, 4.69) is 15.3 Å². The van der Waals surface area contributed by atoms with Crippen LogP contribution in [0.15, 0.2) is 82.3 Å². The second kappa shape index (κ2) is 11.0. The molecule has 5 aromatic rings. The SMILES string of the molecule is COc1ccc(N=c2oc3c(C)[nH+]cc(COC(C)=O)c3cc2C(=O)Nc2cccc3ccccc23)cc1Cl. The zero-order valence-electron chi connectivity index (χ0n) is 21.5. The Labute approximate surface area is 228 Å². The normalized spacial score (nSPS) is 11.5. The number of H-pyrrole nitrogens is 1. The van der Waals surface area contributed by atoms with E-state index in [-0.39, 0.29) is 17.7 Å². The Bertz CT molecular complexity index is 1810. The molecule has 0 atom stereocenters. The number of halogens is 1. The van der Waals surface area contributed by atoms with Crippen LogP contribution in [0.2, 0.25) is 5.02 Å². The Kier molecular flexibility index (Phi) is 7.29. The van der Waals surface area contributed by atoms with Crippen molar-refractivity contribution in [3.05, 3.63) is 100 Å². The lowest BCUT2D eigenvalue weighted by Crippen LogP contribution is -2.23. The molecule has 2 aromatic heterocycles. The quantitative estimate of drug-likeness (QED) is 0.268. The molecule has 0 saturated heterocycles. The molecular formula is C30H25ClN3O5+. The van der Waals surface area contributed by atoms with E-state index in [0.717, 1.165) is 10.8 Å². The third-order valence-electron chi connectivity index (χ3n) is 6.19. The molecule has 39 heavy (non-hydrogen) atoms. The van der Waals surface area contributed by atoms with Crippen molar-refractivity contribution in [1.29, 1.82) is 0 Å². The van der Waals surface area contributed by atoms with Gasteiger partial charge in [-0.15, -0.1) is 0 Å². The van der Waals surface area contributed by atoms with Gasteiger partial charge in [-0.2, -0.15) is 0 Å². The lowest BCUT2D eigenvalue weighted by Gasteiger charge is -2.11. The molecule has 0 aliphatic heterocycles. The highest BCUT2D eigenvalue weighted by Gasteiger charge is 2.20. The molecule has 3 aromatic carbocycles. The largest absolute Gasteiger partial charge is 0.495 e. The van der Waals surface area contributed by atoms with Crippen molar-refractivity contribution in [2.24, 2.45) is 4.99 Å². The maximum absolute atomic E-state index is 13.8. The van der Waals surface area contributed by atoms with Crippen LogP contribution in [0.3, 0.4) is 0 Å². The number of nitrogens with one attached hydrogen (secondary N) is 2. The summed E-state index contributed by atoms with van der Waals surface area (Å²) in [6.45, 7) is 3.18. The molecule has 0 radical (unpaired) electrons. The van der Waals surface area contributed by atoms with Gasteiger partial charge in [-0.1, -0.05) is 48.0 Å². The smallest absolute Gasteiger partial charge is 0.302 e. The van der Waals surface area contributed by atoms with E-state index in [9.17, 15) is 9.59 Å². The van der Waals surface area contributed by atoms with Crippen LogP contribution >= 0.6 is 11.6 Å². The third-order valence-corrected chi connectivity index (χ3v) is 6.49. The van der Waals surface area contributed by atoms with Gasteiger partial charge in [0.05, 0.1) is 23.4 Å². The second-order valence-corrected chi connectivity index (χ2v) is 9.25. The van der Waals surface area contributed by atoms with E-state index in [0.29, 0.717) is 44.4 Å². The zero-order valence-corrected chi connectivity index (χ0v) is 22.3. The summed E-state index contributed by atoms with van der Waals surface area (Å²) in [5, 5.41) is 5.88. The molecule has 2 heterocycles. The number of pyridine rings is 1. The van der Waals surface area contributed by atoms with Crippen LogP contribution in [0, 0.1) is 6.92 Å². The number of esters is 1. The molecule has 1 amide bonds. The molecule has 2 N–H and O–H groups in total. The van der Waals surface area contributed by atoms with Crippen LogP contribution in [0.5, 0.6) is 5.75 Å². The lowest BCUT2D eigenvalue weighted by molar-refractivity contribution is -0.386. The summed E-state index contributed by atoms with van der Waals surface area (Å²) in [6, 6.07) is 20.2. The lowest BCUT2D eigenvalue weighted by atomic mass is 10.1. The molecule has 196 valence electrons. The zero-order chi connectivity index (χ0) is 27.5. The number of aryl methyl sites for hydroxylation is 1. The summed E-state index contributed by atoms with van der Waals surface area (Å²) in [7, 11) is 1.53. The van der Waals surface area contributed by atoms with E-state index >= 15 is 0 Å². The summed E-state index contributed by atoms with van der Waals surface area (Å²) in [5.74, 6) is -0.336. The number of anilines is 1. The predicted octanol–water partition coefficient (Wildman–Crippen LogP) is 5.92. The highest BCUT2D eigenvalue weighted by molar-refractivity contribution is 6.32. The van der Waals surface area contributed by atoms with Gasteiger partial charge in [-0.3, -0.25) is 9.59 Å². The van der Waals surface area contributed by atoms with Crippen LogP contribution in [-0.2, 0) is 16.1 Å². The van der Waals surface area contributed by atoms with E-state index < -0.39 is 11.9 Å². The summed E-state index contributed by atoms with van der Waals surface area (Å²) >= 11 is 6.32. The minimum absolute atomic E-state index is 0.00704. The molecule has 5 rings (SSSR count). The number of benzene rings is 3. The highest BCUT2D eigenvalue weighted by atomic mass is 35.5. The summed E-state index contributed by atoms with van der Waals surface area (Å²) < 4.78 is 16.7. The first-order valence-corrected chi connectivity index (χ1v) is 12.5. The molecule has 0 spiro atoms. The maximum atomic E-state index is 13.8. The first-order chi connectivity index (χ1) is 18.8. The number of ether oxygens (including phenoxy) is 2. The number of amides is 1. The Hall–Kier alpha value is -4.69. The standard InChI is InChI=1S/C30H24ClN3O5/c1-17-28-23(20(15-32-17)16-38-18(2)35)14-24(30(39-28)33-21-11-12-27(37-3)25(31)13-21)29(36)34-26-10-6-8-19-7-4-5-9-22(19)26/h4-15H,16H2,1-3H3,(H,34,36)/p+1. The topological polar surface area (TPSA) is 104 Å². The van der Waals surface area contributed by atoms with Gasteiger partial charge in [0.25, 0.3) is 5.91 Å². The van der Waals surface area contributed by atoms with Crippen LogP contribution in [-0.4, -0.2) is 19.0 Å². The van der Waals surface area contributed by atoms with Crippen molar-refractivity contribution >= 4 is 56.6 Å². The number of methoxy groups -OCH3 is 1. The fraction of sp³-hybridized carbons (Fsp3) is 0.133. The summed E-state index contributed by atoms with van der Waals surface area (Å²) in [4.78, 5) is 33.0. The third kappa shape index (κ3) is 5.46. The van der Waals surface area contributed by atoms with E-state index in [1.807, 2.05) is 49.4 Å². The molecule has 0 bridgehead atoms. The van der Waals surface area contributed by atoms with Crippen molar-refractivity contribution in [2.45, 2.75) is 20.5 Å². The van der Waals surface area contributed by atoms with Crippen LogP contribution in [0.4, 0.5) is 11.4 Å². The number of aromatic amines is 1. The molecule has 0 aliphatic carbocycles. The molecule has 0 saturated carbocycles.